The van der Waals surface area contributed by atoms with Crippen LogP contribution in [0.4, 0.5) is 87.8 Å². The summed E-state index contributed by atoms with van der Waals surface area (Å²) >= 11 is 0. The molecule has 0 saturated heterocycles. The topological polar surface area (TPSA) is 47.3 Å². The number of carbonyl (C=O) groups excluding carboxylic acids is 2. The molecule has 0 N–H and O–H groups in total. The van der Waals surface area contributed by atoms with Crippen LogP contribution in [0.2, 0.25) is 0 Å². The Morgan fingerprint density at radius 3 is 1.01 bits per heavy atom. The van der Waals surface area contributed by atoms with Crippen LogP contribution < -0.4 is 26.4 Å². The van der Waals surface area contributed by atoms with Crippen LogP contribution in [-0.2, 0) is 11.3 Å². The van der Waals surface area contributed by atoms with Crippen molar-refractivity contribution in [2.75, 3.05) is 0 Å². The molecule has 0 radical (unpaired) electrons. The summed E-state index contributed by atoms with van der Waals surface area (Å²) in [6.07, 6.45) is -3.53. The SMILES string of the molecule is CC(C)OC(=O)c1ccc(C(=O)C[n+]2ccc3ccccc3c2)cc1.Fc1c(F)c(F)c([B-](c2c(F)c(F)c(F)c(F)c2F)(c2c(F)c(F)c(F)c(F)c2F)c2c(F)c(F)c(F)c(F)c2F)c(F)c1F. The molecule has 0 saturated carbocycles. The molecule has 0 aliphatic heterocycles. The highest BCUT2D eigenvalue weighted by Gasteiger charge is 2.52. The zero-order valence-electron chi connectivity index (χ0n) is 34.4. The molecule has 1 heterocycles. The molecule has 0 aliphatic rings. The number of hydrogen-bond acceptors (Lipinski definition) is 3. The van der Waals surface area contributed by atoms with Crippen LogP contribution in [0.5, 0.6) is 0 Å². The highest BCUT2D eigenvalue weighted by Crippen LogP contribution is 2.31. The van der Waals surface area contributed by atoms with Gasteiger partial charge in [0.25, 0.3) is 0 Å². The largest absolute Gasteiger partial charge is 0.459 e. The smallest absolute Gasteiger partial charge is 0.338 e. The molecule has 7 aromatic rings. The third kappa shape index (κ3) is 8.54. The molecule has 0 atom stereocenters. The van der Waals surface area contributed by atoms with E-state index in [4.69, 9.17) is 4.74 Å². The number of carbonyl (C=O) groups is 2. The molecular weight excluding hydrogens is 993 g/mol. The predicted molar refractivity (Wildman–Crippen MR) is 205 cm³/mol. The number of hydrogen-bond donors (Lipinski definition) is 0. The minimum atomic E-state index is -7.22. The maximum atomic E-state index is 15.4. The van der Waals surface area contributed by atoms with Crippen molar-refractivity contribution in [1.29, 1.82) is 0 Å². The fourth-order valence-electron chi connectivity index (χ4n) is 7.48. The zero-order chi connectivity index (χ0) is 52.2. The number of nitrogens with zero attached hydrogens (tertiary/aromatic N) is 1. The van der Waals surface area contributed by atoms with Gasteiger partial charge in [-0.1, -0.05) is 30.3 Å². The van der Waals surface area contributed by atoms with E-state index in [1.165, 1.54) is 0 Å². The van der Waals surface area contributed by atoms with Crippen LogP contribution in [0.15, 0.2) is 67.0 Å². The molecule has 0 fully saturated rings. The van der Waals surface area contributed by atoms with E-state index in [-0.39, 0.29) is 24.4 Å². The predicted octanol–water partition coefficient (Wildman–Crippen LogP) is 9.42. The van der Waals surface area contributed by atoms with Gasteiger partial charge in [0.1, 0.15) is 52.7 Å². The van der Waals surface area contributed by atoms with Crippen molar-refractivity contribution in [3.8, 4) is 0 Å². The summed E-state index contributed by atoms with van der Waals surface area (Å²) in [5.41, 5.74) is -13.3. The fraction of sp³-hybridized carbons (Fsp3) is 0.0889. The second-order valence-corrected chi connectivity index (χ2v) is 15.0. The summed E-state index contributed by atoms with van der Waals surface area (Å²) in [7, 11) is 0. The van der Waals surface area contributed by atoms with E-state index < -0.39 is 144 Å². The summed E-state index contributed by atoms with van der Waals surface area (Å²) in [5, 5.41) is 2.23. The molecule has 0 unspecified atom stereocenters. The number of fused-ring (bicyclic) bond motifs is 1. The Morgan fingerprint density at radius 1 is 0.414 bits per heavy atom. The number of pyridine rings is 1. The minimum Gasteiger partial charge on any atom is -0.459 e. The quantitative estimate of drug-likeness (QED) is 0.0276. The first kappa shape index (κ1) is 51.9. The number of Topliss-reactive ketones (excluding diaryl/α,β-unsaturated/α-hetero) is 1. The highest BCUT2D eigenvalue weighted by atomic mass is 19.2. The third-order valence-corrected chi connectivity index (χ3v) is 10.6. The summed E-state index contributed by atoms with van der Waals surface area (Å²) in [6, 6.07) is 16.6. The summed E-state index contributed by atoms with van der Waals surface area (Å²) in [4.78, 5) is 24.3. The Kier molecular flexibility index (Phi) is 14.5. The normalized spacial score (nSPS) is 11.6. The molecule has 25 heteroatoms. The molecule has 366 valence electrons. The van der Waals surface area contributed by atoms with Crippen LogP contribution in [0, 0.1) is 116 Å². The molecular formula is C45H20BF20NO3. The first-order valence-electron chi connectivity index (χ1n) is 19.2. The second-order valence-electron chi connectivity index (χ2n) is 15.0. The lowest BCUT2D eigenvalue weighted by Crippen LogP contribution is -2.81. The fourth-order valence-corrected chi connectivity index (χ4v) is 7.48. The molecule has 1 aromatic heterocycles. The molecule has 0 aliphatic carbocycles. The minimum absolute atomic E-state index is 0.0101. The average molecular weight is 1010 g/mol. The van der Waals surface area contributed by atoms with Crippen LogP contribution in [-0.4, -0.2) is 24.0 Å². The Hall–Kier alpha value is -7.47. The van der Waals surface area contributed by atoms with Gasteiger partial charge in [-0.25, -0.2) is 92.6 Å². The molecule has 4 nitrogen and oxygen atoms in total. The van der Waals surface area contributed by atoms with E-state index in [2.05, 4.69) is 0 Å². The van der Waals surface area contributed by atoms with Crippen molar-refractivity contribution in [1.82, 2.24) is 0 Å². The number of aromatic nitrogens is 1. The summed E-state index contributed by atoms with van der Waals surface area (Å²) in [5.74, 6) is -71.8. The first-order valence-corrected chi connectivity index (χ1v) is 19.2. The third-order valence-electron chi connectivity index (χ3n) is 10.6. The summed E-state index contributed by atoms with van der Waals surface area (Å²) in [6.45, 7) is 3.85. The maximum Gasteiger partial charge on any atom is 0.338 e. The first-order chi connectivity index (χ1) is 32.7. The van der Waals surface area contributed by atoms with Gasteiger partial charge in [0, 0.05) is 17.0 Å². The Balaban J connectivity index is 0.000000270. The number of ketones is 1. The van der Waals surface area contributed by atoms with Gasteiger partial charge in [-0.2, -0.15) is 4.57 Å². The number of rotatable bonds is 9. The van der Waals surface area contributed by atoms with Crippen molar-refractivity contribution in [2.24, 2.45) is 0 Å². The number of halogens is 20. The lowest BCUT2D eigenvalue weighted by molar-refractivity contribution is -0.681. The number of ether oxygens (including phenoxy) is 1. The molecule has 6 aromatic carbocycles. The Labute approximate surface area is 377 Å². The van der Waals surface area contributed by atoms with Crippen LogP contribution in [0.25, 0.3) is 10.8 Å². The molecule has 7 rings (SSSR count). The van der Waals surface area contributed by atoms with Gasteiger partial charge < -0.3 is 4.74 Å². The van der Waals surface area contributed by atoms with E-state index in [0.717, 1.165) is 10.8 Å². The summed E-state index contributed by atoms with van der Waals surface area (Å²) < 4.78 is 301. The van der Waals surface area contributed by atoms with Crippen molar-refractivity contribution in [3.05, 3.63) is 194 Å². The lowest BCUT2D eigenvalue weighted by Gasteiger charge is -2.44. The van der Waals surface area contributed by atoms with Gasteiger partial charge in [-0.3, -0.25) is 4.79 Å². The van der Waals surface area contributed by atoms with Crippen molar-refractivity contribution >= 4 is 50.5 Å². The maximum absolute atomic E-state index is 15.4. The van der Waals surface area contributed by atoms with Gasteiger partial charge in [-0.05, 0) is 37.4 Å². The van der Waals surface area contributed by atoms with E-state index in [0.29, 0.717) is 11.1 Å². The van der Waals surface area contributed by atoms with Crippen LogP contribution >= 0.6 is 0 Å². The van der Waals surface area contributed by atoms with E-state index in [1.54, 1.807) is 38.1 Å². The van der Waals surface area contributed by atoms with Crippen molar-refractivity contribution in [2.45, 2.75) is 26.5 Å². The second kappa shape index (κ2) is 19.5. The average Bonchev–Trinajstić information content (AvgIpc) is 3.33. The zero-order valence-corrected chi connectivity index (χ0v) is 34.4. The van der Waals surface area contributed by atoms with Gasteiger partial charge in [0.2, 0.25) is 12.3 Å². The number of benzene rings is 6. The Bertz CT molecular complexity index is 2910. The molecule has 70 heavy (non-hydrogen) atoms. The van der Waals surface area contributed by atoms with Crippen molar-refractivity contribution < 1.29 is 107 Å². The monoisotopic (exact) mass is 1010 g/mol. The van der Waals surface area contributed by atoms with Crippen LogP contribution in [0.3, 0.4) is 0 Å². The molecule has 0 spiro atoms. The van der Waals surface area contributed by atoms with Gasteiger partial charge in [-0.15, -0.1) is 21.9 Å². The van der Waals surface area contributed by atoms with E-state index in [9.17, 15) is 62.3 Å². The number of esters is 1. The molecule has 0 bridgehead atoms. The van der Waals surface area contributed by atoms with Crippen LogP contribution in [0.1, 0.15) is 34.6 Å². The lowest BCUT2D eigenvalue weighted by atomic mass is 9.12. The molecule has 0 amide bonds. The highest BCUT2D eigenvalue weighted by molar-refractivity contribution is 7.20. The van der Waals surface area contributed by atoms with Crippen molar-refractivity contribution in [3.63, 3.8) is 0 Å². The van der Waals surface area contributed by atoms with E-state index >= 15 is 35.1 Å². The standard InChI is InChI=1S/C24BF20.C21H20NO3/c26-5-1(6(27)14(35)21(42)13(5)34)25(2-7(28)15(36)22(43)16(37)8(2)29,3-9(30)17(38)23(44)18(39)10(3)31)4-11(32)19(40)24(45)20(41)12(4)33;1-15(2)25-21(24)18-9-7-17(8-10-18)20(23)14-22-12-11-16-5-3-4-6-19(16)13-22/h;3-13,15H,14H2,1-2H3/q-1;+1. The van der Waals surface area contributed by atoms with Gasteiger partial charge >= 0.3 is 5.97 Å². The van der Waals surface area contributed by atoms with Gasteiger partial charge in [0.15, 0.2) is 82.2 Å². The Morgan fingerprint density at radius 2 is 0.700 bits per heavy atom. The van der Waals surface area contributed by atoms with Gasteiger partial charge in [0.05, 0.1) is 11.7 Å². The van der Waals surface area contributed by atoms with E-state index in [1.807, 2.05) is 47.3 Å².